The van der Waals surface area contributed by atoms with Crippen LogP contribution in [0.2, 0.25) is 0 Å². The Labute approximate surface area is 97.6 Å². The number of aryl methyl sites for hydroxylation is 1. The van der Waals surface area contributed by atoms with Crippen molar-refractivity contribution in [3.05, 3.63) is 35.4 Å². The van der Waals surface area contributed by atoms with Crippen LogP contribution in [0.3, 0.4) is 0 Å². The highest BCUT2D eigenvalue weighted by atomic mass is 16.5. The van der Waals surface area contributed by atoms with E-state index < -0.39 is 0 Å². The molecule has 0 aliphatic rings. The summed E-state index contributed by atoms with van der Waals surface area (Å²) in [5.41, 5.74) is 2.34. The number of carbonyl (C=O) groups excluding carboxylic acids is 1. The minimum absolute atomic E-state index is 0.136. The van der Waals surface area contributed by atoms with Crippen molar-refractivity contribution >= 4 is 6.29 Å². The van der Waals surface area contributed by atoms with Gasteiger partial charge in [-0.1, -0.05) is 24.3 Å². The Bertz CT molecular complexity index is 342. The molecule has 0 fully saturated rings. The summed E-state index contributed by atoms with van der Waals surface area (Å²) in [6.07, 6.45) is 3.27. The summed E-state index contributed by atoms with van der Waals surface area (Å²) < 4.78 is 5.41. The molecule has 0 aromatic heterocycles. The number of hydrogen-bond donors (Lipinski definition) is 0. The second kappa shape index (κ2) is 5.80. The number of aldehydes is 1. The third kappa shape index (κ3) is 4.15. The van der Waals surface area contributed by atoms with Crippen molar-refractivity contribution < 1.29 is 9.53 Å². The zero-order valence-corrected chi connectivity index (χ0v) is 10.3. The highest BCUT2D eigenvalue weighted by Crippen LogP contribution is 2.17. The fraction of sp³-hybridized carbons (Fsp3) is 0.500. The first-order valence-electron chi connectivity index (χ1n) is 5.64. The number of benzene rings is 1. The molecule has 88 valence electrons. The monoisotopic (exact) mass is 220 g/mol. The van der Waals surface area contributed by atoms with E-state index in [1.54, 1.807) is 7.11 Å². The van der Waals surface area contributed by atoms with Gasteiger partial charge in [0, 0.05) is 20.0 Å². The number of hydrogen-bond acceptors (Lipinski definition) is 2. The van der Waals surface area contributed by atoms with Crippen molar-refractivity contribution in [2.45, 2.75) is 38.7 Å². The van der Waals surface area contributed by atoms with Crippen LogP contribution in [0, 0.1) is 0 Å². The van der Waals surface area contributed by atoms with Gasteiger partial charge in [0.15, 0.2) is 0 Å². The van der Waals surface area contributed by atoms with Gasteiger partial charge in [-0.2, -0.15) is 0 Å². The van der Waals surface area contributed by atoms with Gasteiger partial charge >= 0.3 is 0 Å². The highest BCUT2D eigenvalue weighted by molar-refractivity contribution is 5.50. The zero-order valence-electron chi connectivity index (χ0n) is 10.3. The van der Waals surface area contributed by atoms with Gasteiger partial charge in [-0.15, -0.1) is 0 Å². The van der Waals surface area contributed by atoms with Crippen LogP contribution in [0.5, 0.6) is 0 Å². The Morgan fingerprint density at radius 1 is 1.31 bits per heavy atom. The fourth-order valence-corrected chi connectivity index (χ4v) is 1.68. The number of carbonyl (C=O) groups is 1. The summed E-state index contributed by atoms with van der Waals surface area (Å²) in [6, 6.07) is 8.36. The van der Waals surface area contributed by atoms with Gasteiger partial charge in [0.25, 0.3) is 0 Å². The Morgan fingerprint density at radius 2 is 2.00 bits per heavy atom. The van der Waals surface area contributed by atoms with E-state index in [2.05, 4.69) is 32.0 Å². The summed E-state index contributed by atoms with van der Waals surface area (Å²) in [7, 11) is 1.73. The van der Waals surface area contributed by atoms with E-state index in [0.717, 1.165) is 19.1 Å². The van der Waals surface area contributed by atoms with Crippen LogP contribution in [0.4, 0.5) is 0 Å². The van der Waals surface area contributed by atoms with Crippen molar-refractivity contribution in [3.63, 3.8) is 0 Å². The molecule has 0 aliphatic carbocycles. The average Bonchev–Trinajstić information content (AvgIpc) is 2.26. The molecule has 2 heteroatoms. The lowest BCUT2D eigenvalue weighted by molar-refractivity contribution is -0.107. The lowest BCUT2D eigenvalue weighted by atomic mass is 9.96. The lowest BCUT2D eigenvalue weighted by Gasteiger charge is -2.23. The predicted molar refractivity (Wildman–Crippen MR) is 65.6 cm³/mol. The normalized spacial score (nSPS) is 11.4. The molecule has 0 spiro atoms. The van der Waals surface area contributed by atoms with Gasteiger partial charge in [0.05, 0.1) is 5.60 Å². The third-order valence-corrected chi connectivity index (χ3v) is 2.72. The molecule has 2 nitrogen and oxygen atoms in total. The van der Waals surface area contributed by atoms with Crippen molar-refractivity contribution in [2.75, 3.05) is 7.11 Å². The molecule has 0 N–H and O–H groups in total. The standard InChI is InChI=1S/C14H20O2/c1-14(2,16-3)11-13-7-4-6-12(10-13)8-5-9-15/h4,6-7,9-10H,5,8,11H2,1-3H3. The van der Waals surface area contributed by atoms with Crippen LogP contribution in [0.15, 0.2) is 24.3 Å². The second-order valence-electron chi connectivity index (χ2n) is 4.67. The molecule has 0 saturated heterocycles. The van der Waals surface area contributed by atoms with Gasteiger partial charge in [-0.25, -0.2) is 0 Å². The predicted octanol–water partition coefficient (Wildman–Crippen LogP) is 2.79. The van der Waals surface area contributed by atoms with E-state index in [4.69, 9.17) is 4.74 Å². The Kier molecular flexibility index (Phi) is 4.69. The van der Waals surface area contributed by atoms with Crippen molar-refractivity contribution in [1.29, 1.82) is 0 Å². The quantitative estimate of drug-likeness (QED) is 0.689. The van der Waals surface area contributed by atoms with E-state index in [1.165, 1.54) is 11.1 Å². The molecule has 0 radical (unpaired) electrons. The second-order valence-corrected chi connectivity index (χ2v) is 4.67. The Morgan fingerprint density at radius 3 is 2.62 bits per heavy atom. The molecule has 0 heterocycles. The van der Waals surface area contributed by atoms with Crippen LogP contribution < -0.4 is 0 Å². The molecule has 1 aromatic rings. The van der Waals surface area contributed by atoms with E-state index in [9.17, 15) is 4.79 Å². The maximum atomic E-state index is 10.3. The molecule has 0 atom stereocenters. The summed E-state index contributed by atoms with van der Waals surface area (Å²) in [4.78, 5) is 10.3. The summed E-state index contributed by atoms with van der Waals surface area (Å²) in [5.74, 6) is 0. The number of rotatable bonds is 6. The Balaban J connectivity index is 2.70. The van der Waals surface area contributed by atoms with E-state index in [-0.39, 0.29) is 5.60 Å². The van der Waals surface area contributed by atoms with Gasteiger partial charge in [-0.05, 0) is 31.4 Å². The van der Waals surface area contributed by atoms with Gasteiger partial charge < -0.3 is 9.53 Å². The van der Waals surface area contributed by atoms with Crippen LogP contribution >= 0.6 is 0 Å². The molecule has 0 amide bonds. The minimum atomic E-state index is -0.136. The molecule has 0 unspecified atom stereocenters. The third-order valence-electron chi connectivity index (χ3n) is 2.72. The molecule has 0 bridgehead atoms. The summed E-state index contributed by atoms with van der Waals surface area (Å²) >= 11 is 0. The minimum Gasteiger partial charge on any atom is -0.378 e. The van der Waals surface area contributed by atoms with Crippen LogP contribution in [-0.2, 0) is 22.4 Å². The highest BCUT2D eigenvalue weighted by Gasteiger charge is 2.16. The molecule has 1 rings (SSSR count). The summed E-state index contributed by atoms with van der Waals surface area (Å²) in [5, 5.41) is 0. The first-order chi connectivity index (χ1) is 7.57. The first-order valence-corrected chi connectivity index (χ1v) is 5.64. The smallest absolute Gasteiger partial charge is 0.120 e. The maximum Gasteiger partial charge on any atom is 0.120 e. The number of methoxy groups -OCH3 is 1. The van der Waals surface area contributed by atoms with Crippen LogP contribution in [-0.4, -0.2) is 19.0 Å². The number of ether oxygens (including phenoxy) is 1. The van der Waals surface area contributed by atoms with E-state index in [0.29, 0.717) is 6.42 Å². The molecule has 0 aliphatic heterocycles. The van der Waals surface area contributed by atoms with Gasteiger partial charge in [0.2, 0.25) is 0 Å². The van der Waals surface area contributed by atoms with Crippen LogP contribution in [0.1, 0.15) is 31.4 Å². The van der Waals surface area contributed by atoms with Crippen molar-refractivity contribution in [3.8, 4) is 0 Å². The molecular formula is C14H20O2. The lowest BCUT2D eigenvalue weighted by Crippen LogP contribution is -2.25. The SMILES string of the molecule is COC(C)(C)Cc1cccc(CCC=O)c1. The maximum absolute atomic E-state index is 10.3. The van der Waals surface area contributed by atoms with E-state index in [1.807, 2.05) is 6.07 Å². The first kappa shape index (κ1) is 12.9. The van der Waals surface area contributed by atoms with Gasteiger partial charge in [0.1, 0.15) is 6.29 Å². The Hall–Kier alpha value is -1.15. The molecular weight excluding hydrogens is 200 g/mol. The molecule has 0 saturated carbocycles. The molecule has 1 aromatic carbocycles. The van der Waals surface area contributed by atoms with Crippen LogP contribution in [0.25, 0.3) is 0 Å². The van der Waals surface area contributed by atoms with Crippen molar-refractivity contribution in [1.82, 2.24) is 0 Å². The zero-order chi connectivity index (χ0) is 12.0. The molecule has 16 heavy (non-hydrogen) atoms. The average molecular weight is 220 g/mol. The van der Waals surface area contributed by atoms with E-state index >= 15 is 0 Å². The van der Waals surface area contributed by atoms with Crippen molar-refractivity contribution in [2.24, 2.45) is 0 Å². The topological polar surface area (TPSA) is 26.3 Å². The fourth-order valence-electron chi connectivity index (χ4n) is 1.68. The summed E-state index contributed by atoms with van der Waals surface area (Å²) in [6.45, 7) is 4.15. The van der Waals surface area contributed by atoms with Gasteiger partial charge in [-0.3, -0.25) is 0 Å². The largest absolute Gasteiger partial charge is 0.378 e.